The van der Waals surface area contributed by atoms with Crippen LogP contribution in [0.1, 0.15) is 48.3 Å². The fraction of sp³-hybridized carbons (Fsp3) is 0.350. The van der Waals surface area contributed by atoms with Crippen LogP contribution in [-0.4, -0.2) is 19.2 Å². The lowest BCUT2D eigenvalue weighted by molar-refractivity contribution is 0.0600. The quantitative estimate of drug-likeness (QED) is 0.777. The number of nitrogens with one attached hydrogen (secondary N) is 1. The maximum atomic E-state index is 11.4. The Morgan fingerprint density at radius 1 is 1.00 bits per heavy atom. The van der Waals surface area contributed by atoms with E-state index >= 15 is 0 Å². The van der Waals surface area contributed by atoms with Gasteiger partial charge >= 0.3 is 5.97 Å². The Bertz CT molecular complexity index is 648. The lowest BCUT2D eigenvalue weighted by atomic mass is 10.1. The zero-order chi connectivity index (χ0) is 17.5. The van der Waals surface area contributed by atoms with Crippen LogP contribution in [0.15, 0.2) is 48.5 Å². The molecule has 24 heavy (non-hydrogen) atoms. The number of benzene rings is 2. The van der Waals surface area contributed by atoms with Gasteiger partial charge in [0.25, 0.3) is 0 Å². The van der Waals surface area contributed by atoms with Gasteiger partial charge in [0, 0.05) is 12.6 Å². The van der Waals surface area contributed by atoms with Crippen molar-refractivity contribution in [2.24, 2.45) is 0 Å². The van der Waals surface area contributed by atoms with Crippen LogP contribution in [0.5, 0.6) is 5.75 Å². The standard InChI is InChI=1S/C20H25NO3/c1-14(2)24-19-11-9-17(10-12-19)15(3)21-13-16-5-7-18(8-6-16)20(22)23-4/h5-12,14-15,21H,13H2,1-4H3. The van der Waals surface area contributed by atoms with Crippen molar-refractivity contribution in [3.63, 3.8) is 0 Å². The molecule has 1 atom stereocenters. The molecule has 4 heteroatoms. The summed E-state index contributed by atoms with van der Waals surface area (Å²) < 4.78 is 10.4. The Kier molecular flexibility index (Phi) is 6.38. The van der Waals surface area contributed by atoms with Crippen LogP contribution in [0.3, 0.4) is 0 Å². The van der Waals surface area contributed by atoms with Crippen LogP contribution in [0, 0.1) is 0 Å². The number of rotatable bonds is 7. The summed E-state index contributed by atoms with van der Waals surface area (Å²) in [5.41, 5.74) is 2.89. The molecule has 128 valence electrons. The van der Waals surface area contributed by atoms with Gasteiger partial charge < -0.3 is 14.8 Å². The first kappa shape index (κ1) is 18.0. The number of hydrogen-bond acceptors (Lipinski definition) is 4. The molecule has 1 unspecified atom stereocenters. The molecule has 4 nitrogen and oxygen atoms in total. The molecule has 0 fully saturated rings. The summed E-state index contributed by atoms with van der Waals surface area (Å²) in [6, 6.07) is 15.8. The van der Waals surface area contributed by atoms with E-state index in [2.05, 4.69) is 24.4 Å². The van der Waals surface area contributed by atoms with E-state index in [1.54, 1.807) is 12.1 Å². The lowest BCUT2D eigenvalue weighted by Crippen LogP contribution is -2.18. The molecular weight excluding hydrogens is 302 g/mol. The first-order chi connectivity index (χ1) is 11.5. The minimum absolute atomic E-state index is 0.180. The fourth-order valence-corrected chi connectivity index (χ4v) is 2.37. The number of carbonyl (C=O) groups is 1. The molecule has 2 rings (SSSR count). The Labute approximate surface area is 143 Å². The maximum Gasteiger partial charge on any atom is 0.337 e. The topological polar surface area (TPSA) is 47.6 Å². The van der Waals surface area contributed by atoms with Crippen molar-refractivity contribution < 1.29 is 14.3 Å². The van der Waals surface area contributed by atoms with Gasteiger partial charge in [-0.05, 0) is 56.2 Å². The van der Waals surface area contributed by atoms with Gasteiger partial charge in [-0.15, -0.1) is 0 Å². The largest absolute Gasteiger partial charge is 0.491 e. The number of carbonyl (C=O) groups excluding carboxylic acids is 1. The van der Waals surface area contributed by atoms with E-state index in [9.17, 15) is 4.79 Å². The monoisotopic (exact) mass is 327 g/mol. The molecular formula is C20H25NO3. The second-order valence-corrected chi connectivity index (χ2v) is 6.03. The SMILES string of the molecule is COC(=O)c1ccc(CNC(C)c2ccc(OC(C)C)cc2)cc1. The van der Waals surface area contributed by atoms with E-state index in [0.29, 0.717) is 5.56 Å². The fourth-order valence-electron chi connectivity index (χ4n) is 2.37. The predicted octanol–water partition coefficient (Wildman–Crippen LogP) is 4.11. The molecule has 0 bridgehead atoms. The summed E-state index contributed by atoms with van der Waals surface area (Å²) in [5, 5.41) is 3.48. The molecule has 2 aromatic rings. The number of hydrogen-bond donors (Lipinski definition) is 1. The average Bonchev–Trinajstić information content (AvgIpc) is 2.59. The van der Waals surface area contributed by atoms with Crippen LogP contribution in [0.2, 0.25) is 0 Å². The third-order valence-electron chi connectivity index (χ3n) is 3.74. The molecule has 0 radical (unpaired) electrons. The smallest absolute Gasteiger partial charge is 0.337 e. The van der Waals surface area contributed by atoms with Crippen molar-refractivity contribution in [1.29, 1.82) is 0 Å². The molecule has 0 aliphatic heterocycles. The van der Waals surface area contributed by atoms with E-state index in [1.807, 2.05) is 38.1 Å². The van der Waals surface area contributed by atoms with Gasteiger partial charge in [0.2, 0.25) is 0 Å². The van der Waals surface area contributed by atoms with Gasteiger partial charge in [0.15, 0.2) is 0 Å². The number of esters is 1. The van der Waals surface area contributed by atoms with Crippen LogP contribution >= 0.6 is 0 Å². The van der Waals surface area contributed by atoms with Crippen molar-refractivity contribution in [1.82, 2.24) is 5.32 Å². The highest BCUT2D eigenvalue weighted by Gasteiger charge is 2.07. The number of methoxy groups -OCH3 is 1. The Morgan fingerprint density at radius 2 is 1.62 bits per heavy atom. The van der Waals surface area contributed by atoms with Crippen molar-refractivity contribution in [2.45, 2.75) is 39.5 Å². The van der Waals surface area contributed by atoms with Crippen molar-refractivity contribution in [2.75, 3.05) is 7.11 Å². The van der Waals surface area contributed by atoms with Gasteiger partial charge in [0.05, 0.1) is 18.8 Å². The highest BCUT2D eigenvalue weighted by Crippen LogP contribution is 2.19. The molecule has 1 N–H and O–H groups in total. The highest BCUT2D eigenvalue weighted by molar-refractivity contribution is 5.89. The summed E-state index contributed by atoms with van der Waals surface area (Å²) in [6.45, 7) is 6.89. The van der Waals surface area contributed by atoms with E-state index < -0.39 is 0 Å². The molecule has 0 aliphatic rings. The van der Waals surface area contributed by atoms with Gasteiger partial charge in [0.1, 0.15) is 5.75 Å². The van der Waals surface area contributed by atoms with E-state index in [0.717, 1.165) is 17.9 Å². The zero-order valence-electron chi connectivity index (χ0n) is 14.7. The molecule has 0 spiro atoms. The molecule has 2 aromatic carbocycles. The van der Waals surface area contributed by atoms with Gasteiger partial charge in [-0.3, -0.25) is 0 Å². The summed E-state index contributed by atoms with van der Waals surface area (Å²) in [7, 11) is 1.39. The second-order valence-electron chi connectivity index (χ2n) is 6.03. The van der Waals surface area contributed by atoms with E-state index in [1.165, 1.54) is 12.7 Å². The third-order valence-corrected chi connectivity index (χ3v) is 3.74. The highest BCUT2D eigenvalue weighted by atomic mass is 16.5. The third kappa shape index (κ3) is 5.10. The molecule has 0 amide bonds. The van der Waals surface area contributed by atoms with Crippen LogP contribution < -0.4 is 10.1 Å². The van der Waals surface area contributed by atoms with E-state index in [-0.39, 0.29) is 18.1 Å². The predicted molar refractivity (Wildman–Crippen MR) is 95.2 cm³/mol. The van der Waals surface area contributed by atoms with Gasteiger partial charge in [-0.1, -0.05) is 24.3 Å². The first-order valence-electron chi connectivity index (χ1n) is 8.17. The number of ether oxygens (including phenoxy) is 2. The van der Waals surface area contributed by atoms with Crippen LogP contribution in [-0.2, 0) is 11.3 Å². The maximum absolute atomic E-state index is 11.4. The first-order valence-corrected chi connectivity index (χ1v) is 8.17. The zero-order valence-corrected chi connectivity index (χ0v) is 14.7. The second kappa shape index (κ2) is 8.50. The van der Waals surface area contributed by atoms with Gasteiger partial charge in [-0.25, -0.2) is 4.79 Å². The minimum atomic E-state index is -0.313. The average molecular weight is 327 g/mol. The summed E-state index contributed by atoms with van der Waals surface area (Å²) in [5.74, 6) is 0.575. The summed E-state index contributed by atoms with van der Waals surface area (Å²) >= 11 is 0. The van der Waals surface area contributed by atoms with Gasteiger partial charge in [-0.2, -0.15) is 0 Å². The summed E-state index contributed by atoms with van der Waals surface area (Å²) in [4.78, 5) is 11.4. The normalized spacial score (nSPS) is 12.0. The summed E-state index contributed by atoms with van der Waals surface area (Å²) in [6.07, 6.45) is 0.180. The van der Waals surface area contributed by atoms with Crippen molar-refractivity contribution in [3.05, 3.63) is 65.2 Å². The van der Waals surface area contributed by atoms with E-state index in [4.69, 9.17) is 9.47 Å². The Hall–Kier alpha value is -2.33. The van der Waals surface area contributed by atoms with Crippen molar-refractivity contribution >= 4 is 5.97 Å². The molecule has 0 heterocycles. The molecule has 0 saturated carbocycles. The molecule has 0 aliphatic carbocycles. The molecule has 0 aromatic heterocycles. The lowest BCUT2D eigenvalue weighted by Gasteiger charge is -2.16. The minimum Gasteiger partial charge on any atom is -0.491 e. The Balaban J connectivity index is 1.90. The van der Waals surface area contributed by atoms with Crippen molar-refractivity contribution in [3.8, 4) is 5.75 Å². The van der Waals surface area contributed by atoms with Crippen LogP contribution in [0.4, 0.5) is 0 Å². The van der Waals surface area contributed by atoms with Crippen LogP contribution in [0.25, 0.3) is 0 Å². The Morgan fingerprint density at radius 3 is 2.17 bits per heavy atom. The molecule has 0 saturated heterocycles.